The van der Waals surface area contributed by atoms with Crippen molar-refractivity contribution in [3.05, 3.63) is 66.0 Å². The molecule has 0 aromatic heterocycles. The molecule has 0 fully saturated rings. The molecule has 0 saturated heterocycles. The second kappa shape index (κ2) is 10.3. The second-order valence-corrected chi connectivity index (χ2v) is 8.91. The summed E-state index contributed by atoms with van der Waals surface area (Å²) in [5.74, 6) is 1.88. The number of anilines is 1. The molecule has 0 unspecified atom stereocenters. The van der Waals surface area contributed by atoms with Crippen molar-refractivity contribution in [3.63, 3.8) is 0 Å². The summed E-state index contributed by atoms with van der Waals surface area (Å²) in [6, 6.07) is 11.3. The number of ether oxygens (including phenoxy) is 3. The quantitative estimate of drug-likeness (QED) is 0.337. The maximum absolute atomic E-state index is 13.5. The SMILES string of the molecule is C=C1Nc2cc(OCCCCCBr)c(OC)cc2C(=O)N2C=C(c3ccc(OC)cc3)C[C@@H]12. The highest BCUT2D eigenvalue weighted by atomic mass is 79.9. The largest absolute Gasteiger partial charge is 0.497 e. The van der Waals surface area contributed by atoms with E-state index in [1.165, 1.54) is 0 Å². The molecule has 4 rings (SSSR count). The Kier molecular flexibility index (Phi) is 7.28. The molecule has 6 nitrogen and oxygen atoms in total. The summed E-state index contributed by atoms with van der Waals surface area (Å²) in [7, 11) is 3.24. The van der Waals surface area contributed by atoms with E-state index in [1.54, 1.807) is 25.2 Å². The second-order valence-electron chi connectivity index (χ2n) is 8.11. The van der Waals surface area contributed by atoms with Crippen LogP contribution in [-0.4, -0.2) is 43.0 Å². The number of benzene rings is 2. The Morgan fingerprint density at radius 2 is 1.88 bits per heavy atom. The maximum Gasteiger partial charge on any atom is 0.260 e. The van der Waals surface area contributed by atoms with Crippen LogP contribution in [-0.2, 0) is 0 Å². The first kappa shape index (κ1) is 23.2. The Bertz CT molecular complexity index is 1060. The zero-order chi connectivity index (χ0) is 23.4. The molecular formula is C26H29BrN2O4. The van der Waals surface area contributed by atoms with Gasteiger partial charge >= 0.3 is 0 Å². The molecule has 2 aliphatic heterocycles. The normalized spacial score (nSPS) is 17.0. The predicted molar refractivity (Wildman–Crippen MR) is 134 cm³/mol. The fraction of sp³-hybridized carbons (Fsp3) is 0.346. The Morgan fingerprint density at radius 3 is 2.58 bits per heavy atom. The van der Waals surface area contributed by atoms with Crippen LogP contribution in [0.2, 0.25) is 0 Å². The lowest BCUT2D eigenvalue weighted by Gasteiger charge is -2.22. The van der Waals surface area contributed by atoms with Gasteiger partial charge in [-0.2, -0.15) is 0 Å². The number of alkyl halides is 1. The number of hydrogen-bond acceptors (Lipinski definition) is 5. The molecule has 0 spiro atoms. The number of unbranched alkanes of at least 4 members (excludes halogenated alkanes) is 2. The fourth-order valence-electron chi connectivity index (χ4n) is 4.17. The smallest absolute Gasteiger partial charge is 0.260 e. The third kappa shape index (κ3) is 4.88. The van der Waals surface area contributed by atoms with E-state index in [9.17, 15) is 4.79 Å². The Balaban J connectivity index is 1.59. The third-order valence-corrected chi connectivity index (χ3v) is 6.57. The lowest BCUT2D eigenvalue weighted by molar-refractivity contribution is 0.0806. The number of halogens is 1. The average molecular weight is 513 g/mol. The molecule has 174 valence electrons. The van der Waals surface area contributed by atoms with Crippen LogP contribution in [0.25, 0.3) is 5.57 Å². The molecule has 2 aliphatic rings. The van der Waals surface area contributed by atoms with Gasteiger partial charge in [0.15, 0.2) is 11.5 Å². The van der Waals surface area contributed by atoms with Crippen LogP contribution in [0, 0.1) is 0 Å². The van der Waals surface area contributed by atoms with Gasteiger partial charge in [-0.25, -0.2) is 0 Å². The monoisotopic (exact) mass is 512 g/mol. The van der Waals surface area contributed by atoms with Crippen LogP contribution in [0.4, 0.5) is 5.69 Å². The minimum Gasteiger partial charge on any atom is -0.497 e. The first-order valence-corrected chi connectivity index (χ1v) is 12.2. The van der Waals surface area contributed by atoms with Crippen LogP contribution in [0.3, 0.4) is 0 Å². The molecule has 0 saturated carbocycles. The van der Waals surface area contributed by atoms with Crippen LogP contribution in [0.1, 0.15) is 41.6 Å². The fourth-order valence-corrected chi connectivity index (χ4v) is 4.57. The highest BCUT2D eigenvalue weighted by Crippen LogP contribution is 2.41. The standard InChI is InChI=1S/C26H29BrN2O4/c1-17-23-13-19(18-7-9-20(31-2)10-8-18)16-29(23)26(30)21-14-24(32-3)25(15-22(21)28-17)33-12-6-4-5-11-27/h7-10,14-16,23,28H,1,4-6,11-13H2,2-3H3/t23-/m0/s1. The van der Waals surface area contributed by atoms with Crippen molar-refractivity contribution in [1.82, 2.24) is 4.90 Å². The van der Waals surface area contributed by atoms with E-state index in [0.717, 1.165) is 47.2 Å². The first-order valence-electron chi connectivity index (χ1n) is 11.1. The molecule has 2 aromatic rings. The summed E-state index contributed by atoms with van der Waals surface area (Å²) in [4.78, 5) is 15.3. The molecule has 7 heteroatoms. The van der Waals surface area contributed by atoms with Crippen LogP contribution in [0.15, 0.2) is 54.9 Å². The Labute approximate surface area is 203 Å². The topological polar surface area (TPSA) is 60.0 Å². The summed E-state index contributed by atoms with van der Waals surface area (Å²) in [5, 5.41) is 4.36. The van der Waals surface area contributed by atoms with Gasteiger partial charge in [0.2, 0.25) is 0 Å². The summed E-state index contributed by atoms with van der Waals surface area (Å²) >= 11 is 3.45. The first-order chi connectivity index (χ1) is 16.0. The number of hydrogen-bond donors (Lipinski definition) is 1. The third-order valence-electron chi connectivity index (χ3n) is 6.01. The molecule has 2 heterocycles. The minimum absolute atomic E-state index is 0.0909. The van der Waals surface area contributed by atoms with Crippen molar-refractivity contribution in [2.75, 3.05) is 31.5 Å². The summed E-state index contributed by atoms with van der Waals surface area (Å²) < 4.78 is 16.8. The van der Waals surface area contributed by atoms with Crippen molar-refractivity contribution in [2.24, 2.45) is 0 Å². The van der Waals surface area contributed by atoms with Crippen molar-refractivity contribution in [1.29, 1.82) is 0 Å². The van der Waals surface area contributed by atoms with Crippen molar-refractivity contribution >= 4 is 33.1 Å². The number of carbonyl (C=O) groups excluding carboxylic acids is 1. The maximum atomic E-state index is 13.5. The van der Waals surface area contributed by atoms with E-state index in [2.05, 4.69) is 27.8 Å². The highest BCUT2D eigenvalue weighted by Gasteiger charge is 2.36. The number of carbonyl (C=O) groups is 1. The molecule has 33 heavy (non-hydrogen) atoms. The van der Waals surface area contributed by atoms with Gasteiger partial charge in [0, 0.05) is 29.7 Å². The predicted octanol–water partition coefficient (Wildman–Crippen LogP) is 5.84. The molecule has 0 aliphatic carbocycles. The highest BCUT2D eigenvalue weighted by molar-refractivity contribution is 9.09. The Morgan fingerprint density at radius 1 is 1.09 bits per heavy atom. The Hall–Kier alpha value is -2.93. The zero-order valence-electron chi connectivity index (χ0n) is 19.0. The van der Waals surface area contributed by atoms with Crippen LogP contribution >= 0.6 is 15.9 Å². The molecule has 1 amide bonds. The van der Waals surface area contributed by atoms with Crippen molar-refractivity contribution in [3.8, 4) is 17.2 Å². The van der Waals surface area contributed by atoms with Gasteiger partial charge in [-0.1, -0.05) is 34.6 Å². The van der Waals surface area contributed by atoms with E-state index in [-0.39, 0.29) is 11.9 Å². The van der Waals surface area contributed by atoms with Gasteiger partial charge in [-0.3, -0.25) is 4.79 Å². The summed E-state index contributed by atoms with van der Waals surface area (Å²) in [6.07, 6.45) is 5.78. The number of methoxy groups -OCH3 is 2. The van der Waals surface area contributed by atoms with E-state index < -0.39 is 0 Å². The molecule has 0 radical (unpaired) electrons. The van der Waals surface area contributed by atoms with E-state index >= 15 is 0 Å². The van der Waals surface area contributed by atoms with Gasteiger partial charge in [0.1, 0.15) is 5.75 Å². The number of nitrogens with zero attached hydrogens (tertiary/aromatic N) is 1. The number of nitrogens with one attached hydrogen (secondary N) is 1. The van der Waals surface area contributed by atoms with Crippen LogP contribution in [0.5, 0.6) is 17.2 Å². The lowest BCUT2D eigenvalue weighted by Crippen LogP contribution is -2.33. The van der Waals surface area contributed by atoms with Gasteiger partial charge in [0.05, 0.1) is 38.1 Å². The van der Waals surface area contributed by atoms with Crippen LogP contribution < -0.4 is 19.5 Å². The minimum atomic E-state index is -0.165. The van der Waals surface area contributed by atoms with Gasteiger partial charge in [-0.05, 0) is 48.6 Å². The lowest BCUT2D eigenvalue weighted by atomic mass is 10.0. The number of amides is 1. The van der Waals surface area contributed by atoms with Crippen molar-refractivity contribution in [2.45, 2.75) is 31.7 Å². The molecule has 0 bridgehead atoms. The summed E-state index contributed by atoms with van der Waals surface area (Å²) in [5.41, 5.74) is 4.14. The molecular weight excluding hydrogens is 484 g/mol. The average Bonchev–Trinajstić information content (AvgIpc) is 3.26. The van der Waals surface area contributed by atoms with Gasteiger partial charge in [0.25, 0.3) is 5.91 Å². The van der Waals surface area contributed by atoms with E-state index in [4.69, 9.17) is 14.2 Å². The molecule has 2 aromatic carbocycles. The van der Waals surface area contributed by atoms with Crippen molar-refractivity contribution < 1.29 is 19.0 Å². The number of fused-ring (bicyclic) bond motifs is 2. The summed E-state index contributed by atoms with van der Waals surface area (Å²) in [6.45, 7) is 4.84. The number of rotatable bonds is 9. The van der Waals surface area contributed by atoms with E-state index in [0.29, 0.717) is 35.8 Å². The van der Waals surface area contributed by atoms with E-state index in [1.807, 2.05) is 36.5 Å². The van der Waals surface area contributed by atoms with Gasteiger partial charge < -0.3 is 24.4 Å². The molecule has 1 atom stereocenters. The van der Waals surface area contributed by atoms with Gasteiger partial charge in [-0.15, -0.1) is 0 Å². The molecule has 1 N–H and O–H groups in total. The zero-order valence-corrected chi connectivity index (χ0v) is 20.6.